The lowest BCUT2D eigenvalue weighted by Gasteiger charge is -2.35. The number of hydrogen-bond acceptors (Lipinski definition) is 5. The first-order valence-corrected chi connectivity index (χ1v) is 8.52. The molecule has 0 amide bonds. The summed E-state index contributed by atoms with van der Waals surface area (Å²) in [5, 5.41) is 5.04. The van der Waals surface area contributed by atoms with Crippen molar-refractivity contribution in [1.29, 1.82) is 0 Å². The molecule has 1 saturated heterocycles. The molecule has 0 aliphatic carbocycles. The summed E-state index contributed by atoms with van der Waals surface area (Å²) in [6.07, 6.45) is 0.477. The maximum atomic E-state index is 11.1. The Labute approximate surface area is 125 Å². The van der Waals surface area contributed by atoms with E-state index in [9.17, 15) is 8.42 Å². The van der Waals surface area contributed by atoms with Gasteiger partial charge in [0.1, 0.15) is 12.4 Å². The minimum Gasteiger partial charge on any atom is -0.492 e. The van der Waals surface area contributed by atoms with Gasteiger partial charge >= 0.3 is 0 Å². The van der Waals surface area contributed by atoms with Gasteiger partial charge in [-0.05, 0) is 38.1 Å². The van der Waals surface area contributed by atoms with E-state index >= 15 is 0 Å². The standard InChI is InChI=1S/C14H22N2O4S/c1-11-9-16(10-12(2)20-11)7-8-19-13-3-5-14(6-4-13)21(15,17)18/h3-6,11-12H,7-10H2,1-2H3,(H2,15,17,18)/t11-,12+. The van der Waals surface area contributed by atoms with Crippen molar-refractivity contribution in [3.05, 3.63) is 24.3 Å². The lowest BCUT2D eigenvalue weighted by atomic mass is 10.2. The topological polar surface area (TPSA) is 81.9 Å². The van der Waals surface area contributed by atoms with Crippen LogP contribution in [0.4, 0.5) is 0 Å². The Morgan fingerprint density at radius 3 is 2.33 bits per heavy atom. The summed E-state index contributed by atoms with van der Waals surface area (Å²) in [5.74, 6) is 0.636. The number of nitrogens with two attached hydrogens (primary N) is 1. The highest BCUT2D eigenvalue weighted by Gasteiger charge is 2.21. The van der Waals surface area contributed by atoms with Gasteiger partial charge in [0.05, 0.1) is 17.1 Å². The molecular formula is C14H22N2O4S. The molecule has 2 atom stereocenters. The predicted octanol–water partition coefficient (Wildman–Crippen LogP) is 0.822. The first-order valence-electron chi connectivity index (χ1n) is 6.98. The van der Waals surface area contributed by atoms with E-state index in [1.807, 2.05) is 0 Å². The van der Waals surface area contributed by atoms with Crippen molar-refractivity contribution >= 4 is 10.0 Å². The molecule has 1 heterocycles. The fourth-order valence-electron chi connectivity index (χ4n) is 2.49. The zero-order chi connectivity index (χ0) is 15.5. The second-order valence-corrected chi connectivity index (χ2v) is 6.94. The Kier molecular flexibility index (Phi) is 5.21. The van der Waals surface area contributed by atoms with Crippen molar-refractivity contribution in [3.63, 3.8) is 0 Å². The monoisotopic (exact) mass is 314 g/mol. The number of morpholine rings is 1. The van der Waals surface area contributed by atoms with Gasteiger partial charge in [0.2, 0.25) is 10.0 Å². The Balaban J connectivity index is 1.81. The molecule has 1 aliphatic rings. The van der Waals surface area contributed by atoms with Crippen molar-refractivity contribution in [2.45, 2.75) is 31.0 Å². The third kappa shape index (κ3) is 4.96. The molecule has 2 N–H and O–H groups in total. The molecule has 0 unspecified atom stereocenters. The van der Waals surface area contributed by atoms with E-state index in [4.69, 9.17) is 14.6 Å². The molecule has 2 rings (SSSR count). The van der Waals surface area contributed by atoms with Gasteiger partial charge < -0.3 is 9.47 Å². The number of nitrogens with zero attached hydrogens (tertiary/aromatic N) is 1. The van der Waals surface area contributed by atoms with Crippen LogP contribution in [0.2, 0.25) is 0 Å². The minimum absolute atomic E-state index is 0.0886. The van der Waals surface area contributed by atoms with Gasteiger partial charge in [0, 0.05) is 19.6 Å². The molecule has 21 heavy (non-hydrogen) atoms. The zero-order valence-corrected chi connectivity index (χ0v) is 13.2. The van der Waals surface area contributed by atoms with Crippen LogP contribution in [0.5, 0.6) is 5.75 Å². The van der Waals surface area contributed by atoms with Gasteiger partial charge in [-0.3, -0.25) is 4.90 Å². The smallest absolute Gasteiger partial charge is 0.238 e. The summed E-state index contributed by atoms with van der Waals surface area (Å²) in [4.78, 5) is 2.39. The molecular weight excluding hydrogens is 292 g/mol. The van der Waals surface area contributed by atoms with E-state index in [0.717, 1.165) is 19.6 Å². The maximum Gasteiger partial charge on any atom is 0.238 e. The Hall–Kier alpha value is -1.15. The van der Waals surface area contributed by atoms with Crippen molar-refractivity contribution in [1.82, 2.24) is 4.90 Å². The van der Waals surface area contributed by atoms with Gasteiger partial charge in [-0.2, -0.15) is 0 Å². The van der Waals surface area contributed by atoms with Crippen molar-refractivity contribution in [2.75, 3.05) is 26.2 Å². The Morgan fingerprint density at radius 1 is 1.24 bits per heavy atom. The van der Waals surface area contributed by atoms with Crippen molar-refractivity contribution in [3.8, 4) is 5.75 Å². The third-order valence-electron chi connectivity index (χ3n) is 3.32. The number of primary sulfonamides is 1. The average Bonchev–Trinajstić information content (AvgIpc) is 2.37. The highest BCUT2D eigenvalue weighted by atomic mass is 32.2. The number of ether oxygens (including phenoxy) is 2. The molecule has 0 aromatic heterocycles. The first kappa shape index (κ1) is 16.2. The highest BCUT2D eigenvalue weighted by molar-refractivity contribution is 7.89. The summed E-state index contributed by atoms with van der Waals surface area (Å²) < 4.78 is 33.6. The number of benzene rings is 1. The second kappa shape index (κ2) is 6.74. The van der Waals surface area contributed by atoms with E-state index in [1.165, 1.54) is 12.1 Å². The van der Waals surface area contributed by atoms with Gasteiger partial charge in [-0.1, -0.05) is 0 Å². The second-order valence-electron chi connectivity index (χ2n) is 5.38. The SMILES string of the molecule is C[C@@H]1CN(CCOc2ccc(S(N)(=O)=O)cc2)C[C@H](C)O1. The molecule has 1 aliphatic heterocycles. The lowest BCUT2D eigenvalue weighted by molar-refractivity contribution is -0.0699. The van der Waals surface area contributed by atoms with Crippen LogP contribution in [0.1, 0.15) is 13.8 Å². The average molecular weight is 314 g/mol. The van der Waals surface area contributed by atoms with Crippen LogP contribution in [-0.4, -0.2) is 51.8 Å². The highest BCUT2D eigenvalue weighted by Crippen LogP contribution is 2.15. The number of rotatable bonds is 5. The normalized spacial score (nSPS) is 24.0. The van der Waals surface area contributed by atoms with Gasteiger partial charge in [0.25, 0.3) is 0 Å². The fourth-order valence-corrected chi connectivity index (χ4v) is 3.00. The van der Waals surface area contributed by atoms with Gasteiger partial charge in [0.15, 0.2) is 0 Å². The number of hydrogen-bond donors (Lipinski definition) is 1. The van der Waals surface area contributed by atoms with Crippen LogP contribution >= 0.6 is 0 Å². The zero-order valence-electron chi connectivity index (χ0n) is 12.4. The van der Waals surface area contributed by atoms with E-state index < -0.39 is 10.0 Å². The molecule has 0 spiro atoms. The molecule has 1 aromatic rings. The maximum absolute atomic E-state index is 11.1. The third-order valence-corrected chi connectivity index (χ3v) is 4.25. The van der Waals surface area contributed by atoms with Crippen molar-refractivity contribution in [2.24, 2.45) is 5.14 Å². The molecule has 1 aromatic carbocycles. The molecule has 118 valence electrons. The molecule has 0 saturated carbocycles. The fraction of sp³-hybridized carbons (Fsp3) is 0.571. The summed E-state index contributed by atoms with van der Waals surface area (Å²) in [5.41, 5.74) is 0. The van der Waals surface area contributed by atoms with E-state index in [1.54, 1.807) is 12.1 Å². The van der Waals surface area contributed by atoms with Crippen molar-refractivity contribution < 1.29 is 17.9 Å². The minimum atomic E-state index is -3.65. The summed E-state index contributed by atoms with van der Waals surface area (Å²) in [7, 11) is -3.65. The predicted molar refractivity (Wildman–Crippen MR) is 79.8 cm³/mol. The Bertz CT molecular complexity index is 549. The largest absolute Gasteiger partial charge is 0.492 e. The molecule has 7 heteroatoms. The van der Waals surface area contributed by atoms with E-state index in [2.05, 4.69) is 18.7 Å². The first-order chi connectivity index (χ1) is 9.84. The number of sulfonamides is 1. The summed E-state index contributed by atoms with van der Waals surface area (Å²) >= 11 is 0. The van der Waals surface area contributed by atoms with Crippen LogP contribution in [0, 0.1) is 0 Å². The lowest BCUT2D eigenvalue weighted by Crippen LogP contribution is -2.46. The molecule has 0 bridgehead atoms. The van der Waals surface area contributed by atoms with Crippen LogP contribution in [0.25, 0.3) is 0 Å². The van der Waals surface area contributed by atoms with Crippen LogP contribution in [0.15, 0.2) is 29.2 Å². The van der Waals surface area contributed by atoms with E-state index in [0.29, 0.717) is 12.4 Å². The quantitative estimate of drug-likeness (QED) is 0.870. The Morgan fingerprint density at radius 2 is 1.81 bits per heavy atom. The van der Waals surface area contributed by atoms with Crippen LogP contribution < -0.4 is 9.88 Å². The summed E-state index contributed by atoms with van der Waals surface area (Å²) in [6, 6.07) is 6.13. The molecule has 0 radical (unpaired) electrons. The summed E-state index contributed by atoms with van der Waals surface area (Å²) in [6.45, 7) is 7.30. The van der Waals surface area contributed by atoms with Crippen LogP contribution in [0.3, 0.4) is 0 Å². The molecule has 6 nitrogen and oxygen atoms in total. The van der Waals surface area contributed by atoms with Crippen LogP contribution in [-0.2, 0) is 14.8 Å². The van der Waals surface area contributed by atoms with E-state index in [-0.39, 0.29) is 17.1 Å². The van der Waals surface area contributed by atoms with Gasteiger partial charge in [-0.15, -0.1) is 0 Å². The van der Waals surface area contributed by atoms with Gasteiger partial charge in [-0.25, -0.2) is 13.6 Å². The molecule has 1 fully saturated rings.